The van der Waals surface area contributed by atoms with Gasteiger partial charge < -0.3 is 9.80 Å². The van der Waals surface area contributed by atoms with Crippen LogP contribution in [0.5, 0.6) is 0 Å². The summed E-state index contributed by atoms with van der Waals surface area (Å²) < 4.78 is 14.0. The molecule has 2 aliphatic rings. The minimum Gasteiger partial charge on any atom is -0.339 e. The highest BCUT2D eigenvalue weighted by atomic mass is 19.1. The van der Waals surface area contributed by atoms with E-state index >= 15 is 0 Å². The number of anilines is 1. The zero-order valence-electron chi connectivity index (χ0n) is 16.0. The van der Waals surface area contributed by atoms with Crippen LogP contribution in [0.25, 0.3) is 0 Å². The average Bonchev–Trinajstić information content (AvgIpc) is 3.58. The molecule has 1 saturated heterocycles. The molecule has 1 saturated carbocycles. The lowest BCUT2D eigenvalue weighted by Gasteiger charge is -2.35. The van der Waals surface area contributed by atoms with Gasteiger partial charge in [-0.05, 0) is 25.0 Å². The number of carbonyl (C=O) groups is 1. The summed E-state index contributed by atoms with van der Waals surface area (Å²) in [4.78, 5) is 27.5. The van der Waals surface area contributed by atoms with Crippen LogP contribution in [0.2, 0.25) is 0 Å². The largest absolute Gasteiger partial charge is 0.339 e. The molecule has 0 spiro atoms. The van der Waals surface area contributed by atoms with Crippen molar-refractivity contribution in [3.63, 3.8) is 0 Å². The minimum atomic E-state index is -0.168. The maximum absolute atomic E-state index is 14.0. The number of benzene rings is 1. The number of hydrogen-bond donors (Lipinski definition) is 0. The molecule has 4 rings (SSSR count). The van der Waals surface area contributed by atoms with E-state index in [-0.39, 0.29) is 11.7 Å². The topological polar surface area (TPSA) is 52.6 Å². The van der Waals surface area contributed by atoms with Crippen molar-refractivity contribution in [1.29, 1.82) is 0 Å². The van der Waals surface area contributed by atoms with Crippen LogP contribution in [0.1, 0.15) is 24.8 Å². The molecule has 1 aliphatic heterocycles. The number of halogens is 1. The molecule has 148 valence electrons. The second-order valence-electron chi connectivity index (χ2n) is 7.46. The van der Waals surface area contributed by atoms with Crippen molar-refractivity contribution in [2.24, 2.45) is 0 Å². The standard InChI is InChI=1S/C21H26FN5O/c22-19-5-2-1-4-17(19)16-27(18-6-7-18)11-8-20(28)25-12-14-26(15-13-25)21-23-9-3-10-24-21/h1-5,9-10,18H,6-8,11-16H2. The van der Waals surface area contributed by atoms with Crippen molar-refractivity contribution in [2.75, 3.05) is 37.6 Å². The van der Waals surface area contributed by atoms with E-state index < -0.39 is 0 Å². The predicted molar refractivity (Wildman–Crippen MR) is 105 cm³/mol. The Labute approximate surface area is 165 Å². The highest BCUT2D eigenvalue weighted by molar-refractivity contribution is 5.76. The Morgan fingerprint density at radius 1 is 1.07 bits per heavy atom. The summed E-state index contributed by atoms with van der Waals surface area (Å²) in [5, 5.41) is 0. The first-order valence-corrected chi connectivity index (χ1v) is 9.98. The molecule has 1 aliphatic carbocycles. The molecule has 1 aromatic heterocycles. The van der Waals surface area contributed by atoms with Crippen molar-refractivity contribution in [3.05, 3.63) is 54.1 Å². The van der Waals surface area contributed by atoms with Gasteiger partial charge in [0.2, 0.25) is 11.9 Å². The Morgan fingerprint density at radius 3 is 2.46 bits per heavy atom. The maximum atomic E-state index is 14.0. The van der Waals surface area contributed by atoms with Gasteiger partial charge in [0.15, 0.2) is 0 Å². The lowest BCUT2D eigenvalue weighted by atomic mass is 10.2. The predicted octanol–water partition coefficient (Wildman–Crippen LogP) is 2.32. The van der Waals surface area contributed by atoms with E-state index in [4.69, 9.17) is 0 Å². The van der Waals surface area contributed by atoms with Gasteiger partial charge in [0.05, 0.1) is 0 Å². The molecule has 0 unspecified atom stereocenters. The molecule has 0 atom stereocenters. The van der Waals surface area contributed by atoms with Crippen LogP contribution in [0.15, 0.2) is 42.7 Å². The average molecular weight is 383 g/mol. The highest BCUT2D eigenvalue weighted by Gasteiger charge is 2.30. The summed E-state index contributed by atoms with van der Waals surface area (Å²) in [5.74, 6) is 0.728. The molecule has 0 bridgehead atoms. The Morgan fingerprint density at radius 2 is 1.79 bits per heavy atom. The van der Waals surface area contributed by atoms with Gasteiger partial charge in [0.25, 0.3) is 0 Å². The van der Waals surface area contributed by atoms with E-state index in [1.165, 1.54) is 6.07 Å². The third-order valence-corrected chi connectivity index (χ3v) is 5.47. The van der Waals surface area contributed by atoms with Gasteiger partial charge in [-0.15, -0.1) is 0 Å². The minimum absolute atomic E-state index is 0.168. The van der Waals surface area contributed by atoms with Gasteiger partial charge in [-0.3, -0.25) is 9.69 Å². The first kappa shape index (κ1) is 18.8. The normalized spacial score (nSPS) is 17.2. The summed E-state index contributed by atoms with van der Waals surface area (Å²) in [6, 6.07) is 9.20. The number of nitrogens with zero attached hydrogens (tertiary/aromatic N) is 5. The number of carbonyl (C=O) groups excluding carboxylic acids is 1. The molecule has 6 nitrogen and oxygen atoms in total. The van der Waals surface area contributed by atoms with Gasteiger partial charge in [-0.25, -0.2) is 14.4 Å². The van der Waals surface area contributed by atoms with Gasteiger partial charge in [0, 0.05) is 69.7 Å². The van der Waals surface area contributed by atoms with E-state index in [2.05, 4.69) is 19.8 Å². The Hall–Kier alpha value is -2.54. The Kier molecular flexibility index (Phi) is 5.81. The van der Waals surface area contributed by atoms with Crippen LogP contribution in [-0.4, -0.2) is 64.4 Å². The van der Waals surface area contributed by atoms with Gasteiger partial charge in [0.1, 0.15) is 5.82 Å². The molecule has 0 radical (unpaired) electrons. The fraction of sp³-hybridized carbons (Fsp3) is 0.476. The van der Waals surface area contributed by atoms with Gasteiger partial charge in [-0.1, -0.05) is 18.2 Å². The van der Waals surface area contributed by atoms with Crippen molar-refractivity contribution in [3.8, 4) is 0 Å². The first-order chi connectivity index (χ1) is 13.7. The van der Waals surface area contributed by atoms with E-state index in [1.54, 1.807) is 24.5 Å². The van der Waals surface area contributed by atoms with E-state index in [0.29, 0.717) is 44.2 Å². The van der Waals surface area contributed by atoms with E-state index in [0.717, 1.165) is 31.9 Å². The van der Waals surface area contributed by atoms with Crippen LogP contribution in [-0.2, 0) is 11.3 Å². The van der Waals surface area contributed by atoms with E-state index in [1.807, 2.05) is 17.0 Å². The fourth-order valence-electron chi connectivity index (χ4n) is 3.68. The van der Waals surface area contributed by atoms with Crippen molar-refractivity contribution >= 4 is 11.9 Å². The Bertz CT molecular complexity index is 790. The highest BCUT2D eigenvalue weighted by Crippen LogP contribution is 2.29. The SMILES string of the molecule is O=C(CCN(Cc1ccccc1F)C1CC1)N1CCN(c2ncccn2)CC1. The van der Waals surface area contributed by atoms with Crippen molar-refractivity contribution < 1.29 is 9.18 Å². The number of amides is 1. The summed E-state index contributed by atoms with van der Waals surface area (Å²) in [5.41, 5.74) is 0.707. The zero-order chi connectivity index (χ0) is 19.3. The molecule has 0 N–H and O–H groups in total. The summed E-state index contributed by atoms with van der Waals surface area (Å²) in [6.45, 7) is 4.12. The molecule has 2 heterocycles. The zero-order valence-corrected chi connectivity index (χ0v) is 16.0. The third kappa shape index (κ3) is 4.65. The van der Waals surface area contributed by atoms with E-state index in [9.17, 15) is 9.18 Å². The van der Waals surface area contributed by atoms with Crippen molar-refractivity contribution in [2.45, 2.75) is 31.8 Å². The smallest absolute Gasteiger partial charge is 0.225 e. The summed E-state index contributed by atoms with van der Waals surface area (Å²) in [6.07, 6.45) is 6.23. The van der Waals surface area contributed by atoms with Crippen LogP contribution in [0.4, 0.5) is 10.3 Å². The number of aromatic nitrogens is 2. The number of hydrogen-bond acceptors (Lipinski definition) is 5. The lowest BCUT2D eigenvalue weighted by Crippen LogP contribution is -2.49. The fourth-order valence-corrected chi connectivity index (χ4v) is 3.68. The quantitative estimate of drug-likeness (QED) is 0.735. The third-order valence-electron chi connectivity index (χ3n) is 5.47. The van der Waals surface area contributed by atoms with Crippen molar-refractivity contribution in [1.82, 2.24) is 19.8 Å². The number of rotatable bonds is 7. The van der Waals surface area contributed by atoms with Crippen LogP contribution in [0, 0.1) is 5.82 Å². The molecule has 1 aromatic carbocycles. The molecule has 28 heavy (non-hydrogen) atoms. The molecular weight excluding hydrogens is 357 g/mol. The number of piperazine rings is 1. The molecule has 2 aromatic rings. The van der Waals surface area contributed by atoms with Crippen LogP contribution in [0.3, 0.4) is 0 Å². The summed E-state index contributed by atoms with van der Waals surface area (Å²) >= 11 is 0. The van der Waals surface area contributed by atoms with Crippen LogP contribution < -0.4 is 4.90 Å². The Balaban J connectivity index is 1.27. The monoisotopic (exact) mass is 383 g/mol. The van der Waals surface area contributed by atoms with Gasteiger partial charge >= 0.3 is 0 Å². The first-order valence-electron chi connectivity index (χ1n) is 9.98. The second kappa shape index (κ2) is 8.65. The molecular formula is C21H26FN5O. The summed E-state index contributed by atoms with van der Waals surface area (Å²) in [7, 11) is 0. The lowest BCUT2D eigenvalue weighted by molar-refractivity contribution is -0.131. The van der Waals surface area contributed by atoms with Crippen LogP contribution >= 0.6 is 0 Å². The molecule has 1 amide bonds. The van der Waals surface area contributed by atoms with Gasteiger partial charge in [-0.2, -0.15) is 0 Å². The molecule has 7 heteroatoms. The maximum Gasteiger partial charge on any atom is 0.225 e. The molecule has 2 fully saturated rings. The second-order valence-corrected chi connectivity index (χ2v) is 7.46.